The van der Waals surface area contributed by atoms with E-state index in [2.05, 4.69) is 36.1 Å². The SMILES string of the molecule is CC(=O)N1CCc2cc(S(=O)(=O)N3CCN(c4ccc(C)cc4)CC3)ccc21. The lowest BCUT2D eigenvalue weighted by Gasteiger charge is -2.35. The molecule has 1 saturated heterocycles. The molecule has 148 valence electrons. The van der Waals surface area contributed by atoms with Crippen molar-refractivity contribution in [3.63, 3.8) is 0 Å². The Balaban J connectivity index is 1.49. The predicted octanol–water partition coefficient (Wildman–Crippen LogP) is 2.41. The zero-order valence-corrected chi connectivity index (χ0v) is 17.1. The molecule has 0 aromatic heterocycles. The first-order chi connectivity index (χ1) is 13.4. The van der Waals surface area contributed by atoms with Gasteiger partial charge in [-0.05, 0) is 49.2 Å². The Morgan fingerprint density at radius 2 is 1.61 bits per heavy atom. The number of carbonyl (C=O) groups is 1. The second kappa shape index (κ2) is 7.22. The number of nitrogens with zero attached hydrogens (tertiary/aromatic N) is 3. The number of benzene rings is 2. The molecule has 2 aliphatic heterocycles. The monoisotopic (exact) mass is 399 g/mol. The van der Waals surface area contributed by atoms with Crippen molar-refractivity contribution in [1.82, 2.24) is 4.31 Å². The maximum absolute atomic E-state index is 13.1. The minimum atomic E-state index is -3.53. The van der Waals surface area contributed by atoms with Gasteiger partial charge in [0.15, 0.2) is 0 Å². The summed E-state index contributed by atoms with van der Waals surface area (Å²) in [6, 6.07) is 13.4. The molecule has 0 N–H and O–H groups in total. The predicted molar refractivity (Wildman–Crippen MR) is 110 cm³/mol. The first-order valence-corrected chi connectivity index (χ1v) is 11.0. The Morgan fingerprint density at radius 3 is 2.25 bits per heavy atom. The van der Waals surface area contributed by atoms with Gasteiger partial charge in [-0.15, -0.1) is 0 Å². The summed E-state index contributed by atoms with van der Waals surface area (Å²) in [5.41, 5.74) is 4.10. The Labute approximate surface area is 166 Å². The highest BCUT2D eigenvalue weighted by molar-refractivity contribution is 7.89. The van der Waals surface area contributed by atoms with Crippen molar-refractivity contribution in [2.75, 3.05) is 42.5 Å². The summed E-state index contributed by atoms with van der Waals surface area (Å²) in [6.07, 6.45) is 0.694. The second-order valence-electron chi connectivity index (χ2n) is 7.44. The second-order valence-corrected chi connectivity index (χ2v) is 9.38. The Hall–Kier alpha value is -2.38. The average Bonchev–Trinajstić information content (AvgIpc) is 3.12. The lowest BCUT2D eigenvalue weighted by atomic mass is 10.2. The van der Waals surface area contributed by atoms with Gasteiger partial charge < -0.3 is 9.80 Å². The highest BCUT2D eigenvalue weighted by Crippen LogP contribution is 2.31. The van der Waals surface area contributed by atoms with E-state index in [4.69, 9.17) is 0 Å². The first kappa shape index (κ1) is 19.0. The molecule has 4 rings (SSSR count). The van der Waals surface area contributed by atoms with Crippen molar-refractivity contribution in [2.24, 2.45) is 0 Å². The Morgan fingerprint density at radius 1 is 0.929 bits per heavy atom. The third kappa shape index (κ3) is 3.40. The average molecular weight is 400 g/mol. The number of carbonyl (C=O) groups excluding carboxylic acids is 1. The zero-order chi connectivity index (χ0) is 19.9. The van der Waals surface area contributed by atoms with Crippen LogP contribution >= 0.6 is 0 Å². The van der Waals surface area contributed by atoms with Gasteiger partial charge in [0.05, 0.1) is 4.90 Å². The van der Waals surface area contributed by atoms with Crippen LogP contribution in [0.4, 0.5) is 11.4 Å². The van der Waals surface area contributed by atoms with Crippen LogP contribution in [0.1, 0.15) is 18.1 Å². The van der Waals surface area contributed by atoms with Crippen molar-refractivity contribution in [3.05, 3.63) is 53.6 Å². The molecule has 7 heteroatoms. The van der Waals surface area contributed by atoms with E-state index < -0.39 is 10.0 Å². The Kier molecular flexibility index (Phi) is 4.89. The van der Waals surface area contributed by atoms with Crippen LogP contribution in [0, 0.1) is 6.92 Å². The van der Waals surface area contributed by atoms with Crippen molar-refractivity contribution in [1.29, 1.82) is 0 Å². The number of rotatable bonds is 3. The largest absolute Gasteiger partial charge is 0.369 e. The molecular weight excluding hydrogens is 374 g/mol. The number of sulfonamides is 1. The summed E-state index contributed by atoms with van der Waals surface area (Å²) in [5.74, 6) is -0.0124. The van der Waals surface area contributed by atoms with Gasteiger partial charge in [0, 0.05) is 51.0 Å². The van der Waals surface area contributed by atoms with Crippen LogP contribution in [0.3, 0.4) is 0 Å². The number of hydrogen-bond donors (Lipinski definition) is 0. The van der Waals surface area contributed by atoms with Crippen molar-refractivity contribution in [3.8, 4) is 0 Å². The van der Waals surface area contributed by atoms with Gasteiger partial charge in [-0.2, -0.15) is 4.31 Å². The molecule has 0 unspecified atom stereocenters. The standard InChI is InChI=1S/C21H25N3O3S/c1-16-3-5-19(6-4-16)22-11-13-23(14-12-22)28(26,27)20-7-8-21-18(15-20)9-10-24(21)17(2)25/h3-8,15H,9-14H2,1-2H3. The molecule has 28 heavy (non-hydrogen) atoms. The number of fused-ring (bicyclic) bond motifs is 1. The van der Waals surface area contributed by atoms with E-state index >= 15 is 0 Å². The van der Waals surface area contributed by atoms with Gasteiger partial charge in [0.25, 0.3) is 0 Å². The molecule has 0 radical (unpaired) electrons. The summed E-state index contributed by atoms with van der Waals surface area (Å²) in [6.45, 7) is 6.48. The molecule has 0 aliphatic carbocycles. The van der Waals surface area contributed by atoms with Crippen molar-refractivity contribution in [2.45, 2.75) is 25.2 Å². The van der Waals surface area contributed by atoms with Crippen LogP contribution in [-0.2, 0) is 21.2 Å². The van der Waals surface area contributed by atoms with Gasteiger partial charge in [-0.3, -0.25) is 4.79 Å². The highest BCUT2D eigenvalue weighted by Gasteiger charge is 2.30. The number of amides is 1. The third-order valence-electron chi connectivity index (χ3n) is 5.60. The van der Waals surface area contributed by atoms with Gasteiger partial charge in [-0.25, -0.2) is 8.42 Å². The fourth-order valence-electron chi connectivity index (χ4n) is 3.96. The molecule has 2 heterocycles. The molecule has 2 aliphatic rings. The van der Waals surface area contributed by atoms with E-state index in [1.54, 1.807) is 27.4 Å². The lowest BCUT2D eigenvalue weighted by Crippen LogP contribution is -2.48. The molecular formula is C21H25N3O3S. The molecule has 2 aromatic carbocycles. The molecule has 0 bridgehead atoms. The van der Waals surface area contributed by atoms with Crippen LogP contribution in [0.2, 0.25) is 0 Å². The number of anilines is 2. The summed E-state index contributed by atoms with van der Waals surface area (Å²) in [5, 5.41) is 0. The smallest absolute Gasteiger partial charge is 0.243 e. The van der Waals surface area contributed by atoms with Crippen LogP contribution < -0.4 is 9.80 Å². The third-order valence-corrected chi connectivity index (χ3v) is 7.50. The minimum Gasteiger partial charge on any atom is -0.369 e. The fraction of sp³-hybridized carbons (Fsp3) is 0.381. The topological polar surface area (TPSA) is 60.9 Å². The van der Waals surface area contributed by atoms with Crippen molar-refractivity contribution < 1.29 is 13.2 Å². The minimum absolute atomic E-state index is 0.0124. The molecule has 2 aromatic rings. The van der Waals surface area contributed by atoms with Gasteiger partial charge >= 0.3 is 0 Å². The van der Waals surface area contributed by atoms with Crippen LogP contribution in [0.5, 0.6) is 0 Å². The molecule has 0 atom stereocenters. The van der Waals surface area contributed by atoms with Crippen LogP contribution in [0.25, 0.3) is 0 Å². The first-order valence-electron chi connectivity index (χ1n) is 9.59. The lowest BCUT2D eigenvalue weighted by molar-refractivity contribution is -0.116. The summed E-state index contributed by atoms with van der Waals surface area (Å²) >= 11 is 0. The Bertz CT molecular complexity index is 994. The maximum atomic E-state index is 13.1. The molecule has 0 spiro atoms. The fourth-order valence-corrected chi connectivity index (χ4v) is 5.43. The summed E-state index contributed by atoms with van der Waals surface area (Å²) in [7, 11) is -3.53. The quantitative estimate of drug-likeness (QED) is 0.795. The van der Waals surface area contributed by atoms with Crippen LogP contribution in [-0.4, -0.2) is 51.4 Å². The molecule has 6 nitrogen and oxygen atoms in total. The van der Waals surface area contributed by atoms with Gasteiger partial charge in [0.1, 0.15) is 0 Å². The van der Waals surface area contributed by atoms with Crippen molar-refractivity contribution >= 4 is 27.3 Å². The van der Waals surface area contributed by atoms with E-state index in [1.807, 2.05) is 0 Å². The molecule has 0 saturated carbocycles. The van der Waals surface area contributed by atoms with E-state index in [9.17, 15) is 13.2 Å². The number of piperazine rings is 1. The van der Waals surface area contributed by atoms with E-state index in [1.165, 1.54) is 12.5 Å². The van der Waals surface area contributed by atoms with E-state index in [0.717, 1.165) is 16.9 Å². The zero-order valence-electron chi connectivity index (χ0n) is 16.3. The summed E-state index contributed by atoms with van der Waals surface area (Å²) < 4.78 is 27.8. The number of aryl methyl sites for hydroxylation is 1. The van der Waals surface area contributed by atoms with E-state index in [-0.39, 0.29) is 5.91 Å². The van der Waals surface area contributed by atoms with Crippen LogP contribution in [0.15, 0.2) is 47.4 Å². The van der Waals surface area contributed by atoms with Gasteiger partial charge in [0.2, 0.25) is 15.9 Å². The molecule has 1 amide bonds. The normalized spacial score (nSPS) is 17.6. The maximum Gasteiger partial charge on any atom is 0.243 e. The molecule has 1 fully saturated rings. The van der Waals surface area contributed by atoms with Gasteiger partial charge in [-0.1, -0.05) is 17.7 Å². The van der Waals surface area contributed by atoms with E-state index in [0.29, 0.717) is 44.0 Å². The highest BCUT2D eigenvalue weighted by atomic mass is 32.2. The summed E-state index contributed by atoms with van der Waals surface area (Å²) in [4.78, 5) is 15.9. The number of hydrogen-bond acceptors (Lipinski definition) is 4.